The van der Waals surface area contributed by atoms with Gasteiger partial charge in [0.1, 0.15) is 18.2 Å². The van der Waals surface area contributed by atoms with Gasteiger partial charge in [0.25, 0.3) is 0 Å². The number of para-hydroxylation sites is 3. The summed E-state index contributed by atoms with van der Waals surface area (Å²) < 4.78 is 47.5. The highest BCUT2D eigenvalue weighted by Crippen LogP contribution is 2.36. The molecule has 2 heterocycles. The van der Waals surface area contributed by atoms with Crippen LogP contribution < -0.4 is 9.64 Å². The number of hydrogen-bond donors (Lipinski definition) is 0. The van der Waals surface area contributed by atoms with Crippen LogP contribution in [0.3, 0.4) is 0 Å². The number of halogens is 4. The van der Waals surface area contributed by atoms with Crippen LogP contribution in [0, 0.1) is 0 Å². The van der Waals surface area contributed by atoms with Crippen LogP contribution in [0.15, 0.2) is 72.8 Å². The summed E-state index contributed by atoms with van der Waals surface area (Å²) in [4.78, 5) is 19.0. The topological polar surface area (TPSA) is 47.4 Å². The number of aromatic nitrogens is 2. The van der Waals surface area contributed by atoms with Crippen LogP contribution in [0.1, 0.15) is 23.7 Å². The zero-order chi connectivity index (χ0) is 24.6. The van der Waals surface area contributed by atoms with Crippen LogP contribution in [-0.2, 0) is 17.5 Å². The molecule has 1 atom stereocenters. The average Bonchev–Trinajstić information content (AvgIpc) is 3.40. The second-order valence-corrected chi connectivity index (χ2v) is 8.75. The number of ether oxygens (including phenoxy) is 1. The summed E-state index contributed by atoms with van der Waals surface area (Å²) in [5, 5.41) is 0.515. The van der Waals surface area contributed by atoms with Crippen molar-refractivity contribution >= 4 is 34.2 Å². The molecule has 3 aromatic carbocycles. The molecule has 0 spiro atoms. The van der Waals surface area contributed by atoms with Crippen molar-refractivity contribution in [3.05, 3.63) is 89.2 Å². The fourth-order valence-electron chi connectivity index (χ4n) is 4.43. The Morgan fingerprint density at radius 3 is 2.60 bits per heavy atom. The lowest BCUT2D eigenvalue weighted by atomic mass is 10.1. The smallest absolute Gasteiger partial charge is 0.416 e. The maximum atomic E-state index is 13.2. The van der Waals surface area contributed by atoms with Gasteiger partial charge in [-0.15, -0.1) is 0 Å². The molecule has 1 unspecified atom stereocenters. The standard InChI is InChI=1S/C26H21ClF3N3O2/c27-20-8-1-4-11-23(20)35-13-12-32-22-10-3-2-9-21(22)31-25(32)17-14-24(34)33(16-17)19-7-5-6-18(15-19)26(28,29)30/h1-11,15,17H,12-14,16H2. The monoisotopic (exact) mass is 499 g/mol. The number of alkyl halides is 3. The Morgan fingerprint density at radius 1 is 1.03 bits per heavy atom. The molecule has 35 heavy (non-hydrogen) atoms. The van der Waals surface area contributed by atoms with Gasteiger partial charge in [0.15, 0.2) is 0 Å². The number of carbonyl (C=O) groups excluding carboxylic acids is 1. The number of benzene rings is 3. The van der Waals surface area contributed by atoms with E-state index in [1.165, 1.54) is 17.0 Å². The van der Waals surface area contributed by atoms with Crippen molar-refractivity contribution in [2.75, 3.05) is 18.1 Å². The van der Waals surface area contributed by atoms with Gasteiger partial charge in [-0.25, -0.2) is 4.98 Å². The lowest BCUT2D eigenvalue weighted by molar-refractivity contribution is -0.137. The van der Waals surface area contributed by atoms with E-state index >= 15 is 0 Å². The molecule has 5 rings (SSSR count). The van der Waals surface area contributed by atoms with Crippen molar-refractivity contribution in [2.45, 2.75) is 25.1 Å². The van der Waals surface area contributed by atoms with Crippen molar-refractivity contribution in [1.82, 2.24) is 9.55 Å². The maximum absolute atomic E-state index is 13.2. The van der Waals surface area contributed by atoms with Crippen LogP contribution in [-0.4, -0.2) is 28.6 Å². The first-order valence-corrected chi connectivity index (χ1v) is 11.5. The van der Waals surface area contributed by atoms with Crippen LogP contribution >= 0.6 is 11.6 Å². The first-order valence-electron chi connectivity index (χ1n) is 11.1. The summed E-state index contributed by atoms with van der Waals surface area (Å²) in [5.41, 5.74) is 1.13. The number of fused-ring (bicyclic) bond motifs is 1. The summed E-state index contributed by atoms with van der Waals surface area (Å²) in [5.74, 6) is 0.772. The molecule has 0 saturated carbocycles. The van der Waals surface area contributed by atoms with E-state index in [-0.39, 0.29) is 30.5 Å². The minimum atomic E-state index is -4.48. The molecule has 4 aromatic rings. The summed E-state index contributed by atoms with van der Waals surface area (Å²) >= 11 is 6.19. The zero-order valence-corrected chi connectivity index (χ0v) is 19.3. The van der Waals surface area contributed by atoms with Gasteiger partial charge in [0.2, 0.25) is 5.91 Å². The average molecular weight is 500 g/mol. The normalized spacial score (nSPS) is 16.3. The first-order chi connectivity index (χ1) is 16.8. The molecule has 9 heteroatoms. The second-order valence-electron chi connectivity index (χ2n) is 8.34. The molecule has 1 saturated heterocycles. The Morgan fingerprint density at radius 2 is 1.80 bits per heavy atom. The van der Waals surface area contributed by atoms with Gasteiger partial charge in [0.05, 0.1) is 28.2 Å². The lowest BCUT2D eigenvalue weighted by Gasteiger charge is -2.19. The van der Waals surface area contributed by atoms with E-state index < -0.39 is 11.7 Å². The number of imidazole rings is 1. The molecule has 180 valence electrons. The van der Waals surface area contributed by atoms with Gasteiger partial charge < -0.3 is 14.2 Å². The van der Waals surface area contributed by atoms with Gasteiger partial charge in [-0.2, -0.15) is 13.2 Å². The van der Waals surface area contributed by atoms with Gasteiger partial charge in [-0.3, -0.25) is 4.79 Å². The summed E-state index contributed by atoms with van der Waals surface area (Å²) in [6.45, 7) is 1.04. The van der Waals surface area contributed by atoms with Crippen molar-refractivity contribution < 1.29 is 22.7 Å². The minimum Gasteiger partial charge on any atom is -0.490 e. The van der Waals surface area contributed by atoms with E-state index in [4.69, 9.17) is 21.3 Å². The summed E-state index contributed by atoms with van der Waals surface area (Å²) in [7, 11) is 0. The number of anilines is 1. The van der Waals surface area contributed by atoms with Gasteiger partial charge in [-0.05, 0) is 42.5 Å². The predicted molar refractivity (Wildman–Crippen MR) is 128 cm³/mol. The highest BCUT2D eigenvalue weighted by Gasteiger charge is 2.36. The van der Waals surface area contributed by atoms with Crippen molar-refractivity contribution in [3.8, 4) is 5.75 Å². The number of nitrogens with zero attached hydrogens (tertiary/aromatic N) is 3. The number of carbonyl (C=O) groups is 1. The maximum Gasteiger partial charge on any atom is 0.416 e. The second kappa shape index (κ2) is 9.26. The molecule has 0 radical (unpaired) electrons. The van der Waals surface area contributed by atoms with Gasteiger partial charge >= 0.3 is 6.18 Å². The van der Waals surface area contributed by atoms with Gasteiger partial charge in [-0.1, -0.05) is 41.9 Å². The van der Waals surface area contributed by atoms with Crippen molar-refractivity contribution in [1.29, 1.82) is 0 Å². The van der Waals surface area contributed by atoms with E-state index in [0.29, 0.717) is 29.7 Å². The third kappa shape index (κ3) is 4.71. The highest BCUT2D eigenvalue weighted by molar-refractivity contribution is 6.32. The molecule has 1 amide bonds. The Kier molecular flexibility index (Phi) is 6.15. The molecule has 5 nitrogen and oxygen atoms in total. The third-order valence-electron chi connectivity index (χ3n) is 6.07. The van der Waals surface area contributed by atoms with Crippen LogP contribution in [0.2, 0.25) is 5.02 Å². The lowest BCUT2D eigenvalue weighted by Crippen LogP contribution is -2.25. The van der Waals surface area contributed by atoms with E-state index in [1.807, 2.05) is 41.0 Å². The molecule has 1 fully saturated rings. The quantitative estimate of drug-likeness (QED) is 0.312. The Balaban J connectivity index is 1.41. The van der Waals surface area contributed by atoms with E-state index in [1.54, 1.807) is 12.1 Å². The third-order valence-corrected chi connectivity index (χ3v) is 6.38. The minimum absolute atomic E-state index is 0.158. The Hall–Kier alpha value is -3.52. The van der Waals surface area contributed by atoms with E-state index in [0.717, 1.165) is 23.2 Å². The molecule has 1 aliphatic heterocycles. The molecule has 0 N–H and O–H groups in total. The number of amides is 1. The fraction of sp³-hybridized carbons (Fsp3) is 0.231. The van der Waals surface area contributed by atoms with Crippen LogP contribution in [0.5, 0.6) is 5.75 Å². The zero-order valence-electron chi connectivity index (χ0n) is 18.5. The molecule has 0 aliphatic carbocycles. The molecular formula is C26H21ClF3N3O2. The summed E-state index contributed by atoms with van der Waals surface area (Å²) in [6, 6.07) is 19.7. The van der Waals surface area contributed by atoms with E-state index in [2.05, 4.69) is 0 Å². The van der Waals surface area contributed by atoms with Crippen LogP contribution in [0.4, 0.5) is 18.9 Å². The van der Waals surface area contributed by atoms with Crippen LogP contribution in [0.25, 0.3) is 11.0 Å². The van der Waals surface area contributed by atoms with E-state index in [9.17, 15) is 18.0 Å². The highest BCUT2D eigenvalue weighted by atomic mass is 35.5. The van der Waals surface area contributed by atoms with Crippen molar-refractivity contribution in [3.63, 3.8) is 0 Å². The largest absolute Gasteiger partial charge is 0.490 e. The summed E-state index contributed by atoms with van der Waals surface area (Å²) in [6.07, 6.45) is -4.32. The number of rotatable bonds is 6. The molecule has 1 aliphatic rings. The Labute approximate surface area is 204 Å². The van der Waals surface area contributed by atoms with Crippen molar-refractivity contribution in [2.24, 2.45) is 0 Å². The fourth-order valence-corrected chi connectivity index (χ4v) is 4.62. The number of hydrogen-bond acceptors (Lipinski definition) is 3. The predicted octanol–water partition coefficient (Wildman–Crippen LogP) is 6.31. The van der Waals surface area contributed by atoms with Gasteiger partial charge in [0, 0.05) is 24.6 Å². The molecule has 0 bridgehead atoms. The molecular weight excluding hydrogens is 479 g/mol. The first kappa shape index (κ1) is 23.2. The molecule has 1 aromatic heterocycles. The Bertz CT molecular complexity index is 1390. The SMILES string of the molecule is O=C1CC(c2nc3ccccc3n2CCOc2ccccc2Cl)CN1c1cccc(C(F)(F)F)c1.